The Morgan fingerprint density at radius 2 is 1.96 bits per heavy atom. The lowest BCUT2D eigenvalue weighted by molar-refractivity contribution is -0.126. The summed E-state index contributed by atoms with van der Waals surface area (Å²) in [4.78, 5) is 28.2. The maximum absolute atomic E-state index is 13.0. The van der Waals surface area contributed by atoms with E-state index in [9.17, 15) is 14.0 Å². The van der Waals surface area contributed by atoms with Gasteiger partial charge < -0.3 is 15.1 Å². The summed E-state index contributed by atoms with van der Waals surface area (Å²) in [5, 5.41) is 2.93. The maximum atomic E-state index is 13.0. The summed E-state index contributed by atoms with van der Waals surface area (Å²) >= 11 is 0. The molecule has 0 aromatic heterocycles. The molecule has 1 atom stereocenters. The fourth-order valence-corrected chi connectivity index (χ4v) is 2.95. The molecule has 1 aliphatic heterocycles. The van der Waals surface area contributed by atoms with Crippen LogP contribution in [-0.4, -0.2) is 49.4 Å². The van der Waals surface area contributed by atoms with Gasteiger partial charge in [-0.1, -0.05) is 13.8 Å². The molecule has 0 bridgehead atoms. The number of anilines is 1. The number of hydrogen-bond acceptors (Lipinski definition) is 3. The molecule has 1 aliphatic rings. The minimum atomic E-state index is -0.340. The average molecular weight is 335 g/mol. The second-order valence-electron chi connectivity index (χ2n) is 6.05. The number of benzene rings is 1. The van der Waals surface area contributed by atoms with E-state index >= 15 is 0 Å². The molecule has 5 nitrogen and oxygen atoms in total. The number of nitrogens with zero attached hydrogens (tertiary/aromatic N) is 2. The third-order valence-corrected chi connectivity index (χ3v) is 4.48. The van der Waals surface area contributed by atoms with E-state index in [1.54, 1.807) is 17.0 Å². The predicted molar refractivity (Wildman–Crippen MR) is 92.3 cm³/mol. The molecule has 1 heterocycles. The Labute approximate surface area is 142 Å². The first-order valence-corrected chi connectivity index (χ1v) is 8.61. The lowest BCUT2D eigenvalue weighted by Crippen LogP contribution is -2.35. The van der Waals surface area contributed by atoms with Crippen LogP contribution in [0.1, 0.15) is 26.7 Å². The van der Waals surface area contributed by atoms with Crippen molar-refractivity contribution in [3.63, 3.8) is 0 Å². The SMILES string of the molecule is CCN(CC)CCCNC(=O)[C@H]1CC(=O)N(c2ccc(F)cc2)C1. The molecule has 1 aromatic carbocycles. The Hall–Kier alpha value is -1.95. The highest BCUT2D eigenvalue weighted by atomic mass is 19.1. The van der Waals surface area contributed by atoms with Crippen molar-refractivity contribution in [1.29, 1.82) is 0 Å². The number of amides is 2. The lowest BCUT2D eigenvalue weighted by atomic mass is 10.1. The van der Waals surface area contributed by atoms with Crippen LogP contribution in [0.25, 0.3) is 0 Å². The zero-order valence-corrected chi connectivity index (χ0v) is 14.4. The molecule has 132 valence electrons. The van der Waals surface area contributed by atoms with Crippen molar-refractivity contribution in [1.82, 2.24) is 10.2 Å². The molecule has 6 heteroatoms. The topological polar surface area (TPSA) is 52.7 Å². The van der Waals surface area contributed by atoms with Crippen LogP contribution in [0.2, 0.25) is 0 Å². The van der Waals surface area contributed by atoms with Gasteiger partial charge in [0.2, 0.25) is 11.8 Å². The summed E-state index contributed by atoms with van der Waals surface area (Å²) in [6.07, 6.45) is 1.11. The van der Waals surface area contributed by atoms with Crippen molar-refractivity contribution in [3.8, 4) is 0 Å². The first-order valence-electron chi connectivity index (χ1n) is 8.61. The highest BCUT2D eigenvalue weighted by Gasteiger charge is 2.34. The monoisotopic (exact) mass is 335 g/mol. The molecular weight excluding hydrogens is 309 g/mol. The van der Waals surface area contributed by atoms with Crippen molar-refractivity contribution < 1.29 is 14.0 Å². The first kappa shape index (κ1) is 18.4. The minimum absolute atomic E-state index is 0.0764. The van der Waals surface area contributed by atoms with E-state index < -0.39 is 0 Å². The van der Waals surface area contributed by atoms with Crippen LogP contribution in [0.5, 0.6) is 0 Å². The van der Waals surface area contributed by atoms with Crippen molar-refractivity contribution in [3.05, 3.63) is 30.1 Å². The lowest BCUT2D eigenvalue weighted by Gasteiger charge is -2.18. The van der Waals surface area contributed by atoms with Gasteiger partial charge in [-0.3, -0.25) is 9.59 Å². The Morgan fingerprint density at radius 1 is 1.29 bits per heavy atom. The summed E-state index contributed by atoms with van der Waals surface area (Å²) in [5.41, 5.74) is 0.637. The Kier molecular flexibility index (Phi) is 6.73. The molecule has 1 N–H and O–H groups in total. The number of carbonyl (C=O) groups excluding carboxylic acids is 2. The van der Waals surface area contributed by atoms with E-state index in [0.717, 1.165) is 26.1 Å². The summed E-state index contributed by atoms with van der Waals surface area (Å²) in [6, 6.07) is 5.78. The average Bonchev–Trinajstić information content (AvgIpc) is 2.97. The van der Waals surface area contributed by atoms with Crippen LogP contribution in [0, 0.1) is 11.7 Å². The second kappa shape index (κ2) is 8.78. The first-order chi connectivity index (χ1) is 11.5. The highest BCUT2D eigenvalue weighted by Crippen LogP contribution is 2.25. The Bertz CT molecular complexity index is 558. The summed E-state index contributed by atoms with van der Waals surface area (Å²) < 4.78 is 13.0. The van der Waals surface area contributed by atoms with Gasteiger partial charge in [-0.05, 0) is 50.3 Å². The quantitative estimate of drug-likeness (QED) is 0.740. The zero-order chi connectivity index (χ0) is 17.5. The molecule has 0 unspecified atom stereocenters. The summed E-state index contributed by atoms with van der Waals surface area (Å²) in [7, 11) is 0. The van der Waals surface area contributed by atoms with Gasteiger partial charge in [0.1, 0.15) is 5.82 Å². The highest BCUT2D eigenvalue weighted by molar-refractivity contribution is 6.00. The molecule has 1 saturated heterocycles. The fourth-order valence-electron chi connectivity index (χ4n) is 2.95. The molecule has 1 fully saturated rings. The summed E-state index contributed by atoms with van der Waals surface area (Å²) in [5.74, 6) is -0.846. The van der Waals surface area contributed by atoms with Crippen LogP contribution in [0.3, 0.4) is 0 Å². The van der Waals surface area contributed by atoms with Gasteiger partial charge in [-0.25, -0.2) is 4.39 Å². The van der Waals surface area contributed by atoms with E-state index in [1.807, 2.05) is 0 Å². The van der Waals surface area contributed by atoms with Gasteiger partial charge in [-0.2, -0.15) is 0 Å². The molecular formula is C18H26FN3O2. The number of nitrogens with one attached hydrogen (secondary N) is 1. The van der Waals surface area contributed by atoms with Crippen LogP contribution >= 0.6 is 0 Å². The molecule has 0 saturated carbocycles. The van der Waals surface area contributed by atoms with Crippen molar-refractivity contribution in [2.45, 2.75) is 26.7 Å². The van der Waals surface area contributed by atoms with Crippen LogP contribution < -0.4 is 10.2 Å². The van der Waals surface area contributed by atoms with Gasteiger partial charge >= 0.3 is 0 Å². The van der Waals surface area contributed by atoms with Crippen LogP contribution in [0.15, 0.2) is 24.3 Å². The van der Waals surface area contributed by atoms with E-state index in [-0.39, 0.29) is 30.0 Å². The number of hydrogen-bond donors (Lipinski definition) is 1. The molecule has 0 spiro atoms. The van der Waals surface area contributed by atoms with Gasteiger partial charge in [0.05, 0.1) is 5.92 Å². The van der Waals surface area contributed by atoms with Crippen molar-refractivity contribution in [2.75, 3.05) is 37.6 Å². The smallest absolute Gasteiger partial charge is 0.227 e. The third kappa shape index (κ3) is 4.77. The van der Waals surface area contributed by atoms with E-state index in [0.29, 0.717) is 18.8 Å². The summed E-state index contributed by atoms with van der Waals surface area (Å²) in [6.45, 7) is 8.19. The van der Waals surface area contributed by atoms with Gasteiger partial charge in [-0.15, -0.1) is 0 Å². The molecule has 0 aliphatic carbocycles. The predicted octanol–water partition coefficient (Wildman–Crippen LogP) is 2.03. The van der Waals surface area contributed by atoms with Gasteiger partial charge in [0.15, 0.2) is 0 Å². The third-order valence-electron chi connectivity index (χ3n) is 4.48. The van der Waals surface area contributed by atoms with E-state index in [2.05, 4.69) is 24.1 Å². The molecule has 2 amide bonds. The number of halogens is 1. The van der Waals surface area contributed by atoms with Gasteiger partial charge in [0, 0.05) is 25.2 Å². The maximum Gasteiger partial charge on any atom is 0.227 e. The zero-order valence-electron chi connectivity index (χ0n) is 14.4. The van der Waals surface area contributed by atoms with E-state index in [4.69, 9.17) is 0 Å². The van der Waals surface area contributed by atoms with Crippen molar-refractivity contribution in [2.24, 2.45) is 5.92 Å². The Balaban J connectivity index is 1.80. The number of rotatable bonds is 8. The van der Waals surface area contributed by atoms with E-state index in [1.165, 1.54) is 12.1 Å². The van der Waals surface area contributed by atoms with Crippen LogP contribution in [0.4, 0.5) is 10.1 Å². The Morgan fingerprint density at radius 3 is 2.58 bits per heavy atom. The molecule has 2 rings (SSSR count). The molecule has 24 heavy (non-hydrogen) atoms. The molecule has 1 aromatic rings. The largest absolute Gasteiger partial charge is 0.356 e. The number of carbonyl (C=O) groups is 2. The minimum Gasteiger partial charge on any atom is -0.356 e. The van der Waals surface area contributed by atoms with Gasteiger partial charge in [0.25, 0.3) is 0 Å². The van der Waals surface area contributed by atoms with Crippen LogP contribution in [-0.2, 0) is 9.59 Å². The standard InChI is InChI=1S/C18H26FN3O2/c1-3-21(4-2)11-5-10-20-18(24)14-12-17(23)22(13-14)16-8-6-15(19)7-9-16/h6-9,14H,3-5,10-13H2,1-2H3,(H,20,24)/t14-/m0/s1. The normalized spacial score (nSPS) is 17.6. The molecule has 0 radical (unpaired) electrons. The second-order valence-corrected chi connectivity index (χ2v) is 6.05. The fraction of sp³-hybridized carbons (Fsp3) is 0.556. The van der Waals surface area contributed by atoms with Crippen molar-refractivity contribution >= 4 is 17.5 Å².